The Morgan fingerprint density at radius 3 is 2.29 bits per heavy atom. The molecule has 1 aliphatic heterocycles. The molecule has 0 aromatic heterocycles. The molecule has 2 aromatic rings. The van der Waals surface area contributed by atoms with Gasteiger partial charge in [0.1, 0.15) is 5.75 Å². The van der Waals surface area contributed by atoms with Crippen LogP contribution in [-0.2, 0) is 9.53 Å². The highest BCUT2D eigenvalue weighted by Crippen LogP contribution is 2.41. The molecule has 1 heterocycles. The predicted molar refractivity (Wildman–Crippen MR) is 80.9 cm³/mol. The molecular formula is C18H16O3. The Balaban J connectivity index is 2.05. The summed E-state index contributed by atoms with van der Waals surface area (Å²) in [6.07, 6.45) is -0.341. The van der Waals surface area contributed by atoms with Crippen molar-refractivity contribution in [1.82, 2.24) is 0 Å². The van der Waals surface area contributed by atoms with Crippen molar-refractivity contribution in [3.63, 3.8) is 0 Å². The molecule has 3 rings (SSSR count). The fraction of sp³-hybridized carbons (Fsp3) is 0.167. The summed E-state index contributed by atoms with van der Waals surface area (Å²) >= 11 is 0. The number of hydrogen-bond donors (Lipinski definition) is 0. The van der Waals surface area contributed by atoms with Gasteiger partial charge in [0.2, 0.25) is 0 Å². The van der Waals surface area contributed by atoms with E-state index in [1.807, 2.05) is 61.5 Å². The van der Waals surface area contributed by atoms with Crippen LogP contribution in [0, 0.1) is 0 Å². The molecule has 0 radical (unpaired) electrons. The Hall–Kier alpha value is -2.55. The van der Waals surface area contributed by atoms with E-state index in [1.165, 1.54) is 0 Å². The second-order valence-corrected chi connectivity index (χ2v) is 4.96. The number of carbonyl (C=O) groups is 1. The van der Waals surface area contributed by atoms with Crippen LogP contribution in [0.5, 0.6) is 5.75 Å². The molecule has 2 aromatic carbocycles. The number of rotatable bonds is 3. The molecule has 1 aliphatic rings. The molecule has 3 heteroatoms. The van der Waals surface area contributed by atoms with E-state index in [0.717, 1.165) is 22.4 Å². The summed E-state index contributed by atoms with van der Waals surface area (Å²) < 4.78 is 10.7. The molecule has 3 nitrogen and oxygen atoms in total. The maximum Gasteiger partial charge on any atom is 0.335 e. The summed E-state index contributed by atoms with van der Waals surface area (Å²) in [4.78, 5) is 12.0. The van der Waals surface area contributed by atoms with Crippen molar-refractivity contribution < 1.29 is 14.3 Å². The minimum atomic E-state index is -0.341. The van der Waals surface area contributed by atoms with Crippen LogP contribution in [0.25, 0.3) is 5.57 Å². The Bertz CT molecular complexity index is 684. The minimum absolute atomic E-state index is 0.255. The molecular weight excluding hydrogens is 264 g/mol. The van der Waals surface area contributed by atoms with Crippen molar-refractivity contribution in [3.8, 4) is 5.75 Å². The molecule has 0 saturated carbocycles. The maximum absolute atomic E-state index is 12.0. The van der Waals surface area contributed by atoms with Gasteiger partial charge in [0, 0.05) is 11.1 Å². The molecule has 0 saturated heterocycles. The first-order valence-corrected chi connectivity index (χ1v) is 6.82. The molecule has 1 atom stereocenters. The summed E-state index contributed by atoms with van der Waals surface area (Å²) in [6.45, 7) is 1.81. The number of hydrogen-bond acceptors (Lipinski definition) is 3. The van der Waals surface area contributed by atoms with Gasteiger partial charge in [-0.25, -0.2) is 4.79 Å². The van der Waals surface area contributed by atoms with E-state index in [4.69, 9.17) is 9.47 Å². The smallest absolute Gasteiger partial charge is 0.335 e. The summed E-state index contributed by atoms with van der Waals surface area (Å²) in [5, 5.41) is 0. The molecule has 0 fully saturated rings. The molecule has 0 unspecified atom stereocenters. The highest BCUT2D eigenvalue weighted by molar-refractivity contribution is 6.02. The van der Waals surface area contributed by atoms with Gasteiger partial charge in [-0.2, -0.15) is 0 Å². The van der Waals surface area contributed by atoms with Gasteiger partial charge >= 0.3 is 5.97 Å². The minimum Gasteiger partial charge on any atom is -0.497 e. The van der Waals surface area contributed by atoms with Crippen molar-refractivity contribution in [3.05, 3.63) is 71.3 Å². The predicted octanol–water partition coefficient (Wildman–Crippen LogP) is 3.77. The summed E-state index contributed by atoms with van der Waals surface area (Å²) in [5.74, 6) is 0.535. The van der Waals surface area contributed by atoms with E-state index in [-0.39, 0.29) is 12.1 Å². The summed E-state index contributed by atoms with van der Waals surface area (Å²) in [7, 11) is 1.63. The molecule has 0 bridgehead atoms. The number of esters is 1. The van der Waals surface area contributed by atoms with Gasteiger partial charge in [-0.15, -0.1) is 0 Å². The third-order valence-corrected chi connectivity index (χ3v) is 3.70. The Labute approximate surface area is 123 Å². The largest absolute Gasteiger partial charge is 0.497 e. The van der Waals surface area contributed by atoms with Gasteiger partial charge < -0.3 is 9.47 Å². The standard InChI is InChI=1S/C18H16O3/c1-12-16(13-8-10-15(20-2)11-9-13)17(21-18(12)19)14-6-4-3-5-7-14/h3-11,17H,1-2H3/t17-/m0/s1. The van der Waals surface area contributed by atoms with Gasteiger partial charge in [-0.05, 0) is 30.2 Å². The van der Waals surface area contributed by atoms with Crippen molar-refractivity contribution in [2.75, 3.05) is 7.11 Å². The number of methoxy groups -OCH3 is 1. The lowest BCUT2D eigenvalue weighted by molar-refractivity contribution is -0.139. The van der Waals surface area contributed by atoms with E-state index < -0.39 is 0 Å². The highest BCUT2D eigenvalue weighted by atomic mass is 16.5. The fourth-order valence-corrected chi connectivity index (χ4v) is 2.56. The molecule has 21 heavy (non-hydrogen) atoms. The van der Waals surface area contributed by atoms with Crippen LogP contribution in [0.3, 0.4) is 0 Å². The third-order valence-electron chi connectivity index (χ3n) is 3.70. The topological polar surface area (TPSA) is 35.5 Å². The fourth-order valence-electron chi connectivity index (χ4n) is 2.56. The molecule has 0 spiro atoms. The van der Waals surface area contributed by atoms with Crippen LogP contribution >= 0.6 is 0 Å². The SMILES string of the molecule is COc1ccc(C2=C(C)C(=O)O[C@H]2c2ccccc2)cc1. The Kier molecular flexibility index (Phi) is 3.48. The van der Waals surface area contributed by atoms with Crippen molar-refractivity contribution in [2.24, 2.45) is 0 Å². The molecule has 0 N–H and O–H groups in total. The van der Waals surface area contributed by atoms with E-state index in [0.29, 0.717) is 5.57 Å². The zero-order chi connectivity index (χ0) is 14.8. The first-order valence-electron chi connectivity index (χ1n) is 6.82. The summed E-state index contributed by atoms with van der Waals surface area (Å²) in [6, 6.07) is 17.5. The third kappa shape index (κ3) is 2.42. The second-order valence-electron chi connectivity index (χ2n) is 4.96. The monoisotopic (exact) mass is 280 g/mol. The van der Waals surface area contributed by atoms with Crippen molar-refractivity contribution >= 4 is 11.5 Å². The number of ether oxygens (including phenoxy) is 2. The highest BCUT2D eigenvalue weighted by Gasteiger charge is 2.33. The zero-order valence-corrected chi connectivity index (χ0v) is 12.0. The molecule has 106 valence electrons. The quantitative estimate of drug-likeness (QED) is 0.803. The van der Waals surface area contributed by atoms with E-state index in [1.54, 1.807) is 7.11 Å². The van der Waals surface area contributed by atoms with Crippen molar-refractivity contribution in [1.29, 1.82) is 0 Å². The Morgan fingerprint density at radius 2 is 1.67 bits per heavy atom. The average molecular weight is 280 g/mol. The van der Waals surface area contributed by atoms with Crippen LogP contribution in [0.15, 0.2) is 60.2 Å². The molecule has 0 amide bonds. The van der Waals surface area contributed by atoms with Crippen LogP contribution in [0.1, 0.15) is 24.2 Å². The van der Waals surface area contributed by atoms with Crippen LogP contribution in [0.4, 0.5) is 0 Å². The zero-order valence-electron chi connectivity index (χ0n) is 12.0. The lowest BCUT2D eigenvalue weighted by atomic mass is 9.93. The number of benzene rings is 2. The van der Waals surface area contributed by atoms with Gasteiger partial charge in [0.15, 0.2) is 6.10 Å². The van der Waals surface area contributed by atoms with Gasteiger partial charge in [-0.1, -0.05) is 42.5 Å². The summed E-state index contributed by atoms with van der Waals surface area (Å²) in [5.41, 5.74) is 3.55. The van der Waals surface area contributed by atoms with Crippen LogP contribution < -0.4 is 4.74 Å². The lowest BCUT2D eigenvalue weighted by Gasteiger charge is -2.15. The first-order chi connectivity index (χ1) is 10.2. The van der Waals surface area contributed by atoms with Gasteiger partial charge in [0.05, 0.1) is 7.11 Å². The number of carbonyl (C=O) groups excluding carboxylic acids is 1. The van der Waals surface area contributed by atoms with Crippen LogP contribution in [0.2, 0.25) is 0 Å². The lowest BCUT2D eigenvalue weighted by Crippen LogP contribution is -2.03. The Morgan fingerprint density at radius 1 is 1.00 bits per heavy atom. The van der Waals surface area contributed by atoms with Gasteiger partial charge in [0.25, 0.3) is 0 Å². The van der Waals surface area contributed by atoms with E-state index in [2.05, 4.69) is 0 Å². The maximum atomic E-state index is 12.0. The van der Waals surface area contributed by atoms with Crippen molar-refractivity contribution in [2.45, 2.75) is 13.0 Å². The second kappa shape index (κ2) is 5.44. The molecule has 0 aliphatic carbocycles. The van der Waals surface area contributed by atoms with Gasteiger partial charge in [-0.3, -0.25) is 0 Å². The van der Waals surface area contributed by atoms with E-state index in [9.17, 15) is 4.79 Å². The normalized spacial score (nSPS) is 17.8. The number of cyclic esters (lactones) is 1. The first kappa shape index (κ1) is 13.4. The van der Waals surface area contributed by atoms with E-state index >= 15 is 0 Å². The average Bonchev–Trinajstić information content (AvgIpc) is 2.84. The van der Waals surface area contributed by atoms with Crippen LogP contribution in [-0.4, -0.2) is 13.1 Å².